The second kappa shape index (κ2) is 14.6. The zero-order chi connectivity index (χ0) is 31.9. The molecule has 0 saturated heterocycles. The summed E-state index contributed by atoms with van der Waals surface area (Å²) in [5.74, 6) is 0.436. The van der Waals surface area contributed by atoms with Gasteiger partial charge in [0.1, 0.15) is 5.75 Å². The third-order valence-corrected chi connectivity index (χ3v) is 8.64. The summed E-state index contributed by atoms with van der Waals surface area (Å²) in [6.45, 7) is 7.79. The summed E-state index contributed by atoms with van der Waals surface area (Å²) in [5, 5.41) is 15.2. The zero-order valence-corrected chi connectivity index (χ0v) is 26.8. The first-order valence-corrected chi connectivity index (χ1v) is 16.0. The molecule has 1 atom stereocenters. The van der Waals surface area contributed by atoms with Gasteiger partial charge in [0, 0.05) is 25.3 Å². The van der Waals surface area contributed by atoms with Crippen LogP contribution in [0.25, 0.3) is 16.8 Å². The number of carbonyl (C=O) groups excluding carboxylic acids is 2. The number of unbranched alkanes of at least 4 members (excludes halogenated alkanes) is 2. The van der Waals surface area contributed by atoms with Crippen LogP contribution in [0, 0.1) is 6.92 Å². The minimum absolute atomic E-state index is 0.0902. The highest BCUT2D eigenvalue weighted by molar-refractivity contribution is 6.00. The number of amides is 2. The monoisotopic (exact) mass is 608 g/mol. The molecular formula is C37H44N4O4. The van der Waals surface area contributed by atoms with Gasteiger partial charge in [-0.3, -0.25) is 9.59 Å². The topological polar surface area (TPSA) is 87.9 Å². The van der Waals surface area contributed by atoms with Gasteiger partial charge >= 0.3 is 0 Å². The number of nitrogens with zero attached hydrogens (tertiary/aromatic N) is 4. The number of carbonyl (C=O) groups is 2. The minimum Gasteiger partial charge on any atom is -0.497 e. The third-order valence-electron chi connectivity index (χ3n) is 8.64. The predicted octanol–water partition coefficient (Wildman–Crippen LogP) is 6.46. The van der Waals surface area contributed by atoms with E-state index < -0.39 is 0 Å². The van der Waals surface area contributed by atoms with E-state index in [0.717, 1.165) is 59.4 Å². The Bertz CT molecular complexity index is 1640. The molecule has 2 amide bonds. The van der Waals surface area contributed by atoms with E-state index >= 15 is 0 Å². The molecular weight excluding hydrogens is 564 g/mol. The van der Waals surface area contributed by atoms with Crippen molar-refractivity contribution in [2.24, 2.45) is 0 Å². The molecule has 3 aromatic carbocycles. The first-order chi connectivity index (χ1) is 21.9. The summed E-state index contributed by atoms with van der Waals surface area (Å²) >= 11 is 0. The van der Waals surface area contributed by atoms with Crippen molar-refractivity contribution >= 4 is 11.8 Å². The molecule has 0 unspecified atom stereocenters. The number of rotatable bonds is 12. The van der Waals surface area contributed by atoms with Crippen molar-refractivity contribution in [1.82, 2.24) is 19.6 Å². The van der Waals surface area contributed by atoms with Crippen LogP contribution in [-0.4, -0.2) is 69.3 Å². The maximum Gasteiger partial charge on any atom is 0.274 e. The molecule has 8 heteroatoms. The van der Waals surface area contributed by atoms with Crippen LogP contribution in [0.2, 0.25) is 0 Å². The summed E-state index contributed by atoms with van der Waals surface area (Å²) in [6, 6.07) is 23.0. The Kier molecular flexibility index (Phi) is 10.4. The molecule has 1 N–H and O–H groups in total. The summed E-state index contributed by atoms with van der Waals surface area (Å²) < 4.78 is 7.17. The van der Waals surface area contributed by atoms with Crippen LogP contribution in [0.1, 0.15) is 77.2 Å². The molecule has 45 heavy (non-hydrogen) atoms. The average molecular weight is 609 g/mol. The van der Waals surface area contributed by atoms with Gasteiger partial charge in [-0.25, -0.2) is 4.68 Å². The second-order valence-electron chi connectivity index (χ2n) is 11.8. The van der Waals surface area contributed by atoms with Gasteiger partial charge in [0.15, 0.2) is 5.69 Å². The van der Waals surface area contributed by atoms with E-state index in [1.165, 1.54) is 0 Å². The first kappa shape index (κ1) is 32.0. The lowest BCUT2D eigenvalue weighted by Gasteiger charge is -2.36. The van der Waals surface area contributed by atoms with Crippen LogP contribution in [0.4, 0.5) is 0 Å². The number of fused-ring (bicyclic) bond motifs is 1. The van der Waals surface area contributed by atoms with E-state index in [9.17, 15) is 14.7 Å². The highest BCUT2D eigenvalue weighted by Gasteiger charge is 2.32. The van der Waals surface area contributed by atoms with E-state index in [1.807, 2.05) is 78.6 Å². The molecule has 4 aromatic rings. The molecule has 0 radical (unpaired) electrons. The number of aryl methyl sites for hydroxylation is 1. The number of hydrogen-bond acceptors (Lipinski definition) is 5. The fraction of sp³-hybridized carbons (Fsp3) is 0.378. The van der Waals surface area contributed by atoms with E-state index in [4.69, 9.17) is 9.84 Å². The number of hydrogen-bond donors (Lipinski definition) is 1. The van der Waals surface area contributed by atoms with Crippen molar-refractivity contribution in [3.8, 4) is 22.6 Å². The van der Waals surface area contributed by atoms with Crippen molar-refractivity contribution in [3.05, 3.63) is 101 Å². The quantitative estimate of drug-likeness (QED) is 0.200. The lowest BCUT2D eigenvalue weighted by Crippen LogP contribution is -2.46. The maximum absolute atomic E-state index is 14.6. The summed E-state index contributed by atoms with van der Waals surface area (Å²) in [7, 11) is 1.63. The van der Waals surface area contributed by atoms with Crippen molar-refractivity contribution in [2.75, 3.05) is 26.8 Å². The van der Waals surface area contributed by atoms with Gasteiger partial charge in [-0.2, -0.15) is 5.10 Å². The molecule has 0 aliphatic carbocycles. The standard InChI is InChI=1S/C37H44N4O4/c1-5-7-18-39(19-8-6-2)37(44)34-20-26(3)41(38-34)35-17-16-29(28-14-11-15-32(22-28)45-4)23-33(35)36(43)40-24-30-13-10-9-12-27(30)21-31(40)25-42/h9-17,20,22-23,31,42H,5-8,18-19,21,24-25H2,1-4H3/t31-/m0/s1. The summed E-state index contributed by atoms with van der Waals surface area (Å²) in [4.78, 5) is 31.9. The van der Waals surface area contributed by atoms with E-state index in [2.05, 4.69) is 19.9 Å². The molecule has 2 heterocycles. The molecule has 1 aromatic heterocycles. The predicted molar refractivity (Wildman–Crippen MR) is 177 cm³/mol. The SMILES string of the molecule is CCCCN(CCCC)C(=O)c1cc(C)n(-c2ccc(-c3cccc(OC)c3)cc2C(=O)N2Cc3ccccc3C[C@H]2CO)n1. The van der Waals surface area contributed by atoms with Gasteiger partial charge < -0.3 is 19.6 Å². The van der Waals surface area contributed by atoms with E-state index in [1.54, 1.807) is 16.7 Å². The Morgan fingerprint density at radius 1 is 0.933 bits per heavy atom. The van der Waals surface area contributed by atoms with Crippen LogP contribution in [0.5, 0.6) is 5.75 Å². The molecule has 0 saturated carbocycles. The molecule has 1 aliphatic heterocycles. The van der Waals surface area contributed by atoms with Crippen LogP contribution in [0.15, 0.2) is 72.8 Å². The lowest BCUT2D eigenvalue weighted by molar-refractivity contribution is 0.0544. The van der Waals surface area contributed by atoms with E-state index in [-0.39, 0.29) is 24.5 Å². The van der Waals surface area contributed by atoms with Gasteiger partial charge in [-0.1, -0.05) is 69.2 Å². The molecule has 0 bridgehead atoms. The number of methoxy groups -OCH3 is 1. The number of benzene rings is 3. The molecule has 8 nitrogen and oxygen atoms in total. The smallest absolute Gasteiger partial charge is 0.274 e. The van der Waals surface area contributed by atoms with Crippen LogP contribution in [-0.2, 0) is 13.0 Å². The maximum atomic E-state index is 14.6. The molecule has 236 valence electrons. The molecule has 5 rings (SSSR count). The molecule has 0 fully saturated rings. The Hall–Kier alpha value is -4.43. The Morgan fingerprint density at radius 2 is 1.64 bits per heavy atom. The Balaban J connectivity index is 1.58. The van der Waals surface area contributed by atoms with Crippen molar-refractivity contribution < 1.29 is 19.4 Å². The average Bonchev–Trinajstić information content (AvgIpc) is 3.47. The summed E-state index contributed by atoms with van der Waals surface area (Å²) in [6.07, 6.45) is 4.46. The summed E-state index contributed by atoms with van der Waals surface area (Å²) in [5.41, 5.74) is 6.15. The highest BCUT2D eigenvalue weighted by Crippen LogP contribution is 2.31. The van der Waals surface area contributed by atoms with Gasteiger partial charge in [0.2, 0.25) is 0 Å². The van der Waals surface area contributed by atoms with Gasteiger partial charge in [0.05, 0.1) is 31.0 Å². The number of aliphatic hydroxyl groups is 1. The van der Waals surface area contributed by atoms with Crippen molar-refractivity contribution in [3.63, 3.8) is 0 Å². The number of aromatic nitrogens is 2. The van der Waals surface area contributed by atoms with Crippen molar-refractivity contribution in [1.29, 1.82) is 0 Å². The highest BCUT2D eigenvalue weighted by atomic mass is 16.5. The third kappa shape index (κ3) is 6.96. The molecule has 1 aliphatic rings. The van der Waals surface area contributed by atoms with Crippen LogP contribution >= 0.6 is 0 Å². The van der Waals surface area contributed by atoms with Crippen LogP contribution in [0.3, 0.4) is 0 Å². The zero-order valence-electron chi connectivity index (χ0n) is 26.8. The lowest BCUT2D eigenvalue weighted by atomic mass is 9.93. The van der Waals surface area contributed by atoms with Gasteiger partial charge in [0.25, 0.3) is 11.8 Å². The molecule has 0 spiro atoms. The normalized spacial score (nSPS) is 14.2. The fourth-order valence-corrected chi connectivity index (χ4v) is 6.01. The minimum atomic E-state index is -0.359. The van der Waals surface area contributed by atoms with Crippen LogP contribution < -0.4 is 4.74 Å². The Morgan fingerprint density at radius 3 is 2.33 bits per heavy atom. The largest absolute Gasteiger partial charge is 0.497 e. The van der Waals surface area contributed by atoms with Gasteiger partial charge in [-0.15, -0.1) is 0 Å². The number of ether oxygens (including phenoxy) is 1. The fourth-order valence-electron chi connectivity index (χ4n) is 6.01. The van der Waals surface area contributed by atoms with E-state index in [0.29, 0.717) is 43.0 Å². The first-order valence-electron chi connectivity index (χ1n) is 16.0. The van der Waals surface area contributed by atoms with Crippen molar-refractivity contribution in [2.45, 2.75) is 65.5 Å². The number of aliphatic hydroxyl groups excluding tert-OH is 1. The second-order valence-corrected chi connectivity index (χ2v) is 11.8. The Labute approximate surface area is 266 Å². The van der Waals surface area contributed by atoms with Gasteiger partial charge in [-0.05, 0) is 78.8 Å².